The second kappa shape index (κ2) is 19.5. The Kier molecular flexibility index (Phi) is 12.6. The van der Waals surface area contributed by atoms with Crippen LogP contribution in [-0.2, 0) is 42.7 Å². The molecule has 8 nitrogen and oxygen atoms in total. The van der Waals surface area contributed by atoms with Crippen molar-refractivity contribution in [1.82, 2.24) is 0 Å². The maximum absolute atomic E-state index is 11.0. The number of benzene rings is 12. The Morgan fingerprint density at radius 2 is 0.741 bits per heavy atom. The summed E-state index contributed by atoms with van der Waals surface area (Å²) in [5, 5.41) is 77.4. The topological polar surface area (TPSA) is 140 Å². The van der Waals surface area contributed by atoms with Gasteiger partial charge in [0, 0.05) is 22.3 Å². The molecule has 12 aromatic rings. The Morgan fingerprint density at radius 1 is 0.383 bits per heavy atom. The van der Waals surface area contributed by atoms with Crippen LogP contribution >= 0.6 is 0 Å². The van der Waals surface area contributed by atoms with Gasteiger partial charge in [-0.2, -0.15) is 0 Å². The quantitative estimate of drug-likeness (QED) is 0.0467. The van der Waals surface area contributed by atoms with E-state index in [-0.39, 0.29) is 57.8 Å². The molecule has 0 spiro atoms. The van der Waals surface area contributed by atoms with Crippen molar-refractivity contribution in [2.24, 2.45) is 0 Å². The van der Waals surface area contributed by atoms with E-state index in [1.165, 1.54) is 75.8 Å². The summed E-state index contributed by atoms with van der Waals surface area (Å²) in [5.41, 5.74) is 11.4. The second-order valence-electron chi connectivity index (χ2n) is 24.5. The molecule has 6 N–H and O–H groups in total. The number of aliphatic hydroxyl groups excluding tert-OH is 4. The minimum absolute atomic E-state index is 0.0116. The van der Waals surface area contributed by atoms with Crippen LogP contribution in [0.15, 0.2) is 158 Å². The number of phenols is 2. The van der Waals surface area contributed by atoms with Gasteiger partial charge in [0.2, 0.25) is 0 Å². The van der Waals surface area contributed by atoms with Gasteiger partial charge >= 0.3 is 0 Å². The molecule has 0 saturated carbocycles. The lowest BCUT2D eigenvalue weighted by atomic mass is 9.74. The highest BCUT2D eigenvalue weighted by Gasteiger charge is 2.45. The lowest BCUT2D eigenvalue weighted by molar-refractivity contribution is 0.215. The smallest absolute Gasteiger partial charge is 0.126 e. The summed E-state index contributed by atoms with van der Waals surface area (Å²) in [5.74, 6) is 0.501. The molecular weight excluding hydrogens is 1000 g/mol. The molecule has 0 fully saturated rings. The van der Waals surface area contributed by atoms with Crippen LogP contribution in [0.1, 0.15) is 98.9 Å². The van der Waals surface area contributed by atoms with E-state index in [1.54, 1.807) is 24.3 Å². The molecule has 81 heavy (non-hydrogen) atoms. The summed E-state index contributed by atoms with van der Waals surface area (Å²) in [4.78, 5) is 0. The molecule has 0 aliphatic heterocycles. The monoisotopic (exact) mass is 1070 g/mol. The van der Waals surface area contributed by atoms with Crippen LogP contribution < -0.4 is 9.47 Å². The van der Waals surface area contributed by atoms with Gasteiger partial charge in [-0.3, -0.25) is 0 Å². The summed E-state index contributed by atoms with van der Waals surface area (Å²) in [7, 11) is 0. The molecule has 0 amide bonds. The zero-order valence-electron chi connectivity index (χ0n) is 46.7. The van der Waals surface area contributed by atoms with E-state index in [2.05, 4.69) is 175 Å². The molecule has 0 atom stereocenters. The van der Waals surface area contributed by atoms with E-state index in [9.17, 15) is 30.6 Å². The first-order valence-electron chi connectivity index (χ1n) is 28.1. The minimum atomic E-state index is -0.835. The molecule has 0 saturated heterocycles. The van der Waals surface area contributed by atoms with Gasteiger partial charge in [-0.05, 0) is 180 Å². The number of fused-ring (bicyclic) bond motifs is 3. The highest BCUT2D eigenvalue weighted by molar-refractivity contribution is 6.27. The molecule has 0 unspecified atom stereocenters. The summed E-state index contributed by atoms with van der Waals surface area (Å²) in [6.45, 7) is 12.2. The number of aromatic hydroxyl groups is 2. The predicted molar refractivity (Wildman–Crippen MR) is 328 cm³/mol. The minimum Gasteiger partial charge on any atom is -0.507 e. The fraction of sp³-hybridized carbons (Fsp3) is 0.233. The molecule has 0 aromatic heterocycles. The molecule has 1 aliphatic rings. The number of aliphatic hydroxyl groups is 4. The van der Waals surface area contributed by atoms with Crippen molar-refractivity contribution < 1.29 is 40.1 Å². The van der Waals surface area contributed by atoms with E-state index >= 15 is 0 Å². The van der Waals surface area contributed by atoms with Gasteiger partial charge in [-0.15, -0.1) is 0 Å². The average Bonchev–Trinajstić information content (AvgIpc) is 2.94. The largest absolute Gasteiger partial charge is 0.507 e. The maximum atomic E-state index is 11.0. The molecule has 1 aliphatic carbocycles. The van der Waals surface area contributed by atoms with Crippen molar-refractivity contribution in [1.29, 1.82) is 0 Å². The molecule has 8 heteroatoms. The lowest BCUT2D eigenvalue weighted by Gasteiger charge is -2.33. The van der Waals surface area contributed by atoms with Crippen molar-refractivity contribution in [2.45, 2.75) is 97.1 Å². The van der Waals surface area contributed by atoms with Crippen molar-refractivity contribution in [3.8, 4) is 56.4 Å². The first kappa shape index (κ1) is 52.2. The van der Waals surface area contributed by atoms with Crippen LogP contribution in [0.25, 0.3) is 98.0 Å². The Balaban J connectivity index is 1.00. The number of rotatable bonds is 14. The standard InChI is InChI=1S/C73H66O8/c1-71(2,3)53-26-45-10-8-41-12-18-57(61-22-16-47(28-53)65(45)67(41)61)43-14-20-59-60-21-15-44(58-19-13-42-9-11-46-27-54(72(4,5)6)29-48-17-23-62(58)68(42)66(46)48)35-64(60)73(63(59)34-43,40-81-56-32-51(38-76)70(79)52(33-56)39-77)24-7-25-80-55-30-49(36-74)69(78)50(31-55)37-75/h8-23,26-35,74-79H,7,24-25,36-40H2,1-6H3. The Bertz CT molecular complexity index is 4160. The third-order valence-corrected chi connectivity index (χ3v) is 17.6. The zero-order chi connectivity index (χ0) is 56.3. The maximum Gasteiger partial charge on any atom is 0.126 e. The van der Waals surface area contributed by atoms with Crippen LogP contribution in [-0.4, -0.2) is 43.9 Å². The lowest BCUT2D eigenvalue weighted by Crippen LogP contribution is -2.33. The third kappa shape index (κ3) is 8.58. The molecule has 12 aromatic carbocycles. The second-order valence-corrected chi connectivity index (χ2v) is 24.5. The van der Waals surface area contributed by atoms with E-state index in [0.29, 0.717) is 24.3 Å². The molecule has 13 rings (SSSR count). The van der Waals surface area contributed by atoms with Crippen LogP contribution in [0.4, 0.5) is 0 Å². The van der Waals surface area contributed by atoms with Crippen LogP contribution in [0.5, 0.6) is 23.0 Å². The molecule has 0 bridgehead atoms. The highest BCUT2D eigenvalue weighted by atomic mass is 16.5. The molecular formula is C73H66O8. The Morgan fingerprint density at radius 3 is 1.14 bits per heavy atom. The van der Waals surface area contributed by atoms with Gasteiger partial charge < -0.3 is 40.1 Å². The summed E-state index contributed by atoms with van der Waals surface area (Å²) in [6, 6.07) is 56.7. The number of hydrogen-bond acceptors (Lipinski definition) is 8. The first-order valence-corrected chi connectivity index (χ1v) is 28.1. The fourth-order valence-electron chi connectivity index (χ4n) is 13.2. The van der Waals surface area contributed by atoms with Crippen molar-refractivity contribution in [3.05, 3.63) is 202 Å². The van der Waals surface area contributed by atoms with Crippen molar-refractivity contribution in [3.63, 3.8) is 0 Å². The first-order chi connectivity index (χ1) is 39.0. The van der Waals surface area contributed by atoms with Gasteiger partial charge in [0.15, 0.2) is 0 Å². The van der Waals surface area contributed by atoms with E-state index < -0.39 is 31.8 Å². The highest BCUT2D eigenvalue weighted by Crippen LogP contribution is 2.55. The predicted octanol–water partition coefficient (Wildman–Crippen LogP) is 16.0. The van der Waals surface area contributed by atoms with Crippen molar-refractivity contribution in [2.75, 3.05) is 13.2 Å². The SMILES string of the molecule is CC(C)(C)c1cc2ccc3ccc(-c4ccc5c(c4)C(CCCOc4cc(CO)c(O)c(CO)c4)(COc4cc(CO)c(O)c(CO)c4)c4cc(-c6ccc7ccc8cc(C(C)(C)C)cc9ccc6c7c89)ccc4-5)c4ccc(c1)c2c34. The van der Waals surface area contributed by atoms with Gasteiger partial charge in [0.25, 0.3) is 0 Å². The van der Waals surface area contributed by atoms with Gasteiger partial charge in [0.1, 0.15) is 29.6 Å². The third-order valence-electron chi connectivity index (χ3n) is 17.6. The fourth-order valence-corrected chi connectivity index (χ4v) is 13.2. The molecule has 0 heterocycles. The average molecular weight is 1070 g/mol. The number of hydrogen-bond donors (Lipinski definition) is 6. The summed E-state index contributed by atoms with van der Waals surface area (Å²) < 4.78 is 13.5. The summed E-state index contributed by atoms with van der Waals surface area (Å²) >= 11 is 0. The van der Waals surface area contributed by atoms with E-state index in [4.69, 9.17) is 9.47 Å². The van der Waals surface area contributed by atoms with Gasteiger partial charge in [0.05, 0.1) is 38.4 Å². The van der Waals surface area contributed by atoms with Crippen LogP contribution in [0.2, 0.25) is 0 Å². The molecule has 406 valence electrons. The number of ether oxygens (including phenoxy) is 2. The van der Waals surface area contributed by atoms with E-state index in [1.807, 2.05) is 0 Å². The van der Waals surface area contributed by atoms with Gasteiger partial charge in [-0.1, -0.05) is 163 Å². The molecule has 0 radical (unpaired) electrons. The normalized spacial score (nSPS) is 13.4. The van der Waals surface area contributed by atoms with Crippen LogP contribution in [0, 0.1) is 0 Å². The van der Waals surface area contributed by atoms with Crippen molar-refractivity contribution >= 4 is 64.6 Å². The van der Waals surface area contributed by atoms with Gasteiger partial charge in [-0.25, -0.2) is 0 Å². The van der Waals surface area contributed by atoms with E-state index in [0.717, 1.165) is 44.5 Å². The Labute approximate surface area is 471 Å². The Hall–Kier alpha value is -8.24. The van der Waals surface area contributed by atoms with Crippen LogP contribution in [0.3, 0.4) is 0 Å². The summed E-state index contributed by atoms with van der Waals surface area (Å²) in [6.07, 6.45) is 1.07. The zero-order valence-corrected chi connectivity index (χ0v) is 46.7.